The molecule has 0 saturated carbocycles. The summed E-state index contributed by atoms with van der Waals surface area (Å²) in [6, 6.07) is 0. The van der Waals surface area contributed by atoms with E-state index in [4.69, 9.17) is 24.0 Å². The van der Waals surface area contributed by atoms with Gasteiger partial charge < -0.3 is 24.0 Å². The molecule has 6 heteroatoms. The summed E-state index contributed by atoms with van der Waals surface area (Å²) in [5, 5.41) is 0. The zero-order chi connectivity index (χ0) is 10.7. The van der Waals surface area contributed by atoms with Crippen LogP contribution >= 0.6 is 0 Å². The van der Waals surface area contributed by atoms with Gasteiger partial charge in [-0.3, -0.25) is 6.29 Å². The first-order valence-electron chi connectivity index (χ1n) is 1.86. The van der Waals surface area contributed by atoms with Gasteiger partial charge in [0.1, 0.15) is 27.2 Å². The Hall–Kier alpha value is -1.14. The summed E-state index contributed by atoms with van der Waals surface area (Å²) < 4.78 is 0. The van der Waals surface area contributed by atoms with E-state index >= 15 is 0 Å². The third kappa shape index (κ3) is 418. The quantitative estimate of drug-likeness (QED) is 0.509. The summed E-state index contributed by atoms with van der Waals surface area (Å²) in [7, 11) is 0. The van der Waals surface area contributed by atoms with Crippen LogP contribution in [0.2, 0.25) is 0 Å². The molecule has 0 saturated heterocycles. The third-order valence-corrected chi connectivity index (χ3v) is 0. The fraction of sp³-hybridized carbons (Fsp3) is 0.167. The number of hydrogen-bond donors (Lipinski definition) is 0. The molecular weight excluding hydrogens is 211 g/mol. The molecule has 0 atom stereocenters. The van der Waals surface area contributed by atoms with Crippen molar-refractivity contribution in [1.29, 1.82) is 0 Å². The summed E-state index contributed by atoms with van der Waals surface area (Å²) in [6.45, 7) is 9.32. The van der Waals surface area contributed by atoms with Crippen molar-refractivity contribution in [2.24, 2.45) is 0 Å². The Labute approximate surface area is 81.7 Å². The Bertz CT molecular complexity index is 45.2. The molecule has 0 fully saturated rings. The molecule has 0 aliphatic heterocycles. The number of hydrogen-bond acceptors (Lipinski definition) is 5. The van der Waals surface area contributed by atoms with E-state index in [9.17, 15) is 0 Å². The average Bonchev–Trinajstić information content (AvgIpc) is 2.18. The minimum atomic E-state index is 0. The van der Waals surface area contributed by atoms with E-state index in [0.717, 1.165) is 0 Å². The Morgan fingerprint density at radius 2 is 0.750 bits per heavy atom. The molecule has 0 aliphatic rings. The topological polar surface area (TPSA) is 85.3 Å². The van der Waals surface area contributed by atoms with E-state index in [0.29, 0.717) is 0 Å². The van der Waals surface area contributed by atoms with Crippen LogP contribution in [0.5, 0.6) is 0 Å². The molecule has 0 rings (SSSR count). The van der Waals surface area contributed by atoms with Crippen LogP contribution in [0, 0.1) is 0 Å². The van der Waals surface area contributed by atoms with Crippen LogP contribution in [0.3, 0.4) is 0 Å². The second-order valence-electron chi connectivity index (χ2n) is 0.204. The number of rotatable bonds is 0. The van der Waals surface area contributed by atoms with Crippen LogP contribution in [0.1, 0.15) is 6.92 Å². The molecule has 0 bridgehead atoms. The minimum absolute atomic E-state index is 0. The van der Waals surface area contributed by atoms with Crippen molar-refractivity contribution in [3.8, 4) is 0 Å². The smallest absolute Gasteiger partial charge is 0.106 e. The minimum Gasteiger partial charge on any atom is -0.542 e. The largest absolute Gasteiger partial charge is 0.542 e. The van der Waals surface area contributed by atoms with Crippen LogP contribution in [0.25, 0.3) is 0 Å². The van der Waals surface area contributed by atoms with E-state index in [-0.39, 0.29) is 16.8 Å². The maximum Gasteiger partial charge on any atom is 0.106 e. The molecular formula is C6H11CoO5-. The van der Waals surface area contributed by atoms with E-state index < -0.39 is 0 Å². The van der Waals surface area contributed by atoms with Crippen molar-refractivity contribution in [2.75, 3.05) is 0 Å². The third-order valence-electron chi connectivity index (χ3n) is 0. The second-order valence-corrected chi connectivity index (χ2v) is 0.204. The van der Waals surface area contributed by atoms with Crippen molar-refractivity contribution in [1.82, 2.24) is 0 Å². The Balaban J connectivity index is -0.00000000933. The van der Waals surface area contributed by atoms with Gasteiger partial charge >= 0.3 is 0 Å². The monoisotopic (exact) mass is 222 g/mol. The molecule has 0 N–H and O–H groups in total. The van der Waals surface area contributed by atoms with Gasteiger partial charge in [-0.1, -0.05) is 0 Å². The summed E-state index contributed by atoms with van der Waals surface area (Å²) in [6.07, 6.45) is 1.50. The summed E-state index contributed by atoms with van der Waals surface area (Å²) in [5.74, 6) is 0. The van der Waals surface area contributed by atoms with Crippen molar-refractivity contribution < 1.29 is 40.8 Å². The fourth-order valence-corrected chi connectivity index (χ4v) is 0. The standard InChI is InChI=1S/C2H3O.4CH2O.Co/c1-2-3;4*1-2;/h1H3;4*1H2;/q-1;;;;;. The first-order valence-corrected chi connectivity index (χ1v) is 1.86. The first-order chi connectivity index (χ1) is 5.41. The Morgan fingerprint density at radius 3 is 0.750 bits per heavy atom. The van der Waals surface area contributed by atoms with Gasteiger partial charge in [0.15, 0.2) is 0 Å². The molecule has 0 amide bonds. The van der Waals surface area contributed by atoms with Gasteiger partial charge in [0, 0.05) is 16.8 Å². The van der Waals surface area contributed by atoms with Gasteiger partial charge in [0.25, 0.3) is 0 Å². The van der Waals surface area contributed by atoms with Crippen LogP contribution in [-0.2, 0) is 40.8 Å². The number of carbonyl (C=O) groups excluding carboxylic acids is 5. The number of carbonyl (C=O) groups is 4. The predicted molar refractivity (Wildman–Crippen MR) is 39.9 cm³/mol. The maximum atomic E-state index is 8.68. The van der Waals surface area contributed by atoms with Gasteiger partial charge in [0.05, 0.1) is 0 Å². The zero-order valence-electron chi connectivity index (χ0n) is 6.70. The van der Waals surface area contributed by atoms with Gasteiger partial charge in [-0.2, -0.15) is 6.92 Å². The molecule has 75 valence electrons. The second kappa shape index (κ2) is 37500. The van der Waals surface area contributed by atoms with Crippen molar-refractivity contribution in [3.63, 3.8) is 0 Å². The van der Waals surface area contributed by atoms with Gasteiger partial charge in [-0.15, -0.1) is 0 Å². The van der Waals surface area contributed by atoms with Crippen molar-refractivity contribution in [2.45, 2.75) is 6.92 Å². The van der Waals surface area contributed by atoms with Crippen LogP contribution in [0.15, 0.2) is 0 Å². The van der Waals surface area contributed by atoms with Gasteiger partial charge in [-0.05, 0) is 0 Å². The normalized spacial score (nSPS) is 2.42. The first kappa shape index (κ1) is 44.7. The summed E-state index contributed by atoms with van der Waals surface area (Å²) in [5.41, 5.74) is 0. The molecule has 0 unspecified atom stereocenters. The summed E-state index contributed by atoms with van der Waals surface area (Å²) in [4.78, 5) is 40.7. The Morgan fingerprint density at radius 1 is 0.750 bits per heavy atom. The molecule has 0 aromatic rings. The molecule has 5 nitrogen and oxygen atoms in total. The SMILES string of the molecule is C=O.C=O.C=O.C=O.C[C-]=O.[Co]. The van der Waals surface area contributed by atoms with Gasteiger partial charge in [-0.25, -0.2) is 0 Å². The van der Waals surface area contributed by atoms with Gasteiger partial charge in [0.2, 0.25) is 0 Å². The molecule has 1 radical (unpaired) electrons. The molecule has 0 aromatic carbocycles. The Kier molecular flexibility index (Phi) is 140000. The molecule has 0 spiro atoms. The predicted octanol–water partition coefficient (Wildman–Crippen LogP) is -0.626. The average molecular weight is 222 g/mol. The van der Waals surface area contributed by atoms with E-state index in [1.807, 2.05) is 27.2 Å². The van der Waals surface area contributed by atoms with Crippen LogP contribution in [-0.4, -0.2) is 33.4 Å². The molecule has 0 aromatic heterocycles. The zero-order valence-corrected chi connectivity index (χ0v) is 7.74. The van der Waals surface area contributed by atoms with Crippen molar-refractivity contribution >= 4 is 33.4 Å². The van der Waals surface area contributed by atoms with E-state index in [1.165, 1.54) is 13.2 Å². The molecule has 0 aliphatic carbocycles. The van der Waals surface area contributed by atoms with E-state index in [2.05, 4.69) is 0 Å². The molecule has 0 heterocycles. The maximum absolute atomic E-state index is 8.68. The van der Waals surface area contributed by atoms with Crippen molar-refractivity contribution in [3.05, 3.63) is 0 Å². The molecule has 12 heavy (non-hydrogen) atoms. The van der Waals surface area contributed by atoms with Crippen LogP contribution in [0.4, 0.5) is 0 Å². The summed E-state index contributed by atoms with van der Waals surface area (Å²) >= 11 is 0. The fourth-order valence-electron chi connectivity index (χ4n) is 0. The van der Waals surface area contributed by atoms with Crippen LogP contribution < -0.4 is 0 Å². The van der Waals surface area contributed by atoms with E-state index in [1.54, 1.807) is 0 Å².